The van der Waals surface area contributed by atoms with E-state index in [1.165, 1.54) is 31.2 Å². The van der Waals surface area contributed by atoms with Gasteiger partial charge in [0.05, 0.1) is 4.92 Å². The Bertz CT molecular complexity index is 920. The summed E-state index contributed by atoms with van der Waals surface area (Å²) in [6.07, 6.45) is -3.34. The Labute approximate surface area is 151 Å². The lowest BCUT2D eigenvalue weighted by molar-refractivity contribution is -0.384. The summed E-state index contributed by atoms with van der Waals surface area (Å²) in [5.41, 5.74) is 3.91. The second kappa shape index (κ2) is 6.41. The van der Waals surface area contributed by atoms with Gasteiger partial charge in [0, 0.05) is 17.3 Å². The number of primary amides is 1. The zero-order chi connectivity index (χ0) is 19.9. The fourth-order valence-electron chi connectivity index (χ4n) is 3.06. The van der Waals surface area contributed by atoms with Gasteiger partial charge in [-0.3, -0.25) is 10.1 Å². The number of benzene rings is 1. The fraction of sp³-hybridized carbons (Fsp3) is 0.250. The van der Waals surface area contributed by atoms with Gasteiger partial charge in [0.2, 0.25) is 6.29 Å². The molecule has 1 aromatic rings. The van der Waals surface area contributed by atoms with Gasteiger partial charge in [0.25, 0.3) is 5.69 Å². The molecule has 11 heteroatoms. The number of nitrogens with one attached hydrogen (secondary N) is 1. The van der Waals surface area contributed by atoms with Crippen LogP contribution >= 0.6 is 0 Å². The number of urea groups is 1. The van der Waals surface area contributed by atoms with E-state index in [0.29, 0.717) is 4.90 Å². The molecule has 2 aliphatic rings. The van der Waals surface area contributed by atoms with E-state index in [-0.39, 0.29) is 28.9 Å². The van der Waals surface area contributed by atoms with Gasteiger partial charge in [-0.25, -0.2) is 14.7 Å². The number of anilines is 1. The fourth-order valence-corrected chi connectivity index (χ4v) is 3.06. The molecule has 0 bridgehead atoms. The molecule has 27 heavy (non-hydrogen) atoms. The molecule has 3 rings (SSSR count). The van der Waals surface area contributed by atoms with Crippen LogP contribution in [0.4, 0.5) is 29.3 Å². The zero-order valence-corrected chi connectivity index (χ0v) is 13.9. The van der Waals surface area contributed by atoms with Crippen molar-refractivity contribution < 1.29 is 22.9 Å². The Hall–Kier alpha value is -3.37. The van der Waals surface area contributed by atoms with Gasteiger partial charge in [-0.05, 0) is 25.0 Å². The summed E-state index contributed by atoms with van der Waals surface area (Å²) in [4.78, 5) is 27.0. The second-order valence-electron chi connectivity index (χ2n) is 5.90. The van der Waals surface area contributed by atoms with E-state index < -0.39 is 34.8 Å². The third kappa shape index (κ3) is 3.23. The number of rotatable bonds is 3. The number of nitro benzene ring substituents is 1. The van der Waals surface area contributed by atoms with Gasteiger partial charge >= 0.3 is 12.2 Å². The van der Waals surface area contributed by atoms with E-state index in [0.717, 1.165) is 6.07 Å². The van der Waals surface area contributed by atoms with Crippen molar-refractivity contribution in [3.8, 4) is 0 Å². The Morgan fingerprint density at radius 2 is 2.15 bits per heavy atom. The van der Waals surface area contributed by atoms with Crippen LogP contribution in [0.3, 0.4) is 0 Å². The molecule has 1 unspecified atom stereocenters. The van der Waals surface area contributed by atoms with Crippen LogP contribution in [0.5, 0.6) is 0 Å². The molecule has 3 N–H and O–H groups in total. The van der Waals surface area contributed by atoms with Crippen LogP contribution in [-0.4, -0.2) is 29.1 Å². The summed E-state index contributed by atoms with van der Waals surface area (Å²) < 4.78 is 40.3. The minimum atomic E-state index is -4.76. The largest absolute Gasteiger partial charge is 0.433 e. The van der Waals surface area contributed by atoms with Crippen LogP contribution < -0.4 is 16.0 Å². The maximum absolute atomic E-state index is 13.4. The van der Waals surface area contributed by atoms with Crippen molar-refractivity contribution in [2.24, 2.45) is 10.7 Å². The number of hydrogen-bond acceptors (Lipinski definition) is 5. The van der Waals surface area contributed by atoms with Crippen molar-refractivity contribution in [1.29, 1.82) is 0 Å². The number of nitrogens with zero attached hydrogens (tertiary/aromatic N) is 3. The topological polar surface area (TPSA) is 114 Å². The van der Waals surface area contributed by atoms with Crippen molar-refractivity contribution in [3.63, 3.8) is 0 Å². The first-order chi connectivity index (χ1) is 12.6. The third-order valence-corrected chi connectivity index (χ3v) is 4.16. The van der Waals surface area contributed by atoms with Gasteiger partial charge in [-0.2, -0.15) is 13.2 Å². The molecule has 8 nitrogen and oxygen atoms in total. The zero-order valence-electron chi connectivity index (χ0n) is 13.9. The SMILES string of the molecule is Cc1cccc([N+](=O)[O-])c1N(C(N)=O)C1N=C(C(F)(F)F)C2=C(C=CC2)N1. The second-order valence-corrected chi connectivity index (χ2v) is 5.90. The first kappa shape index (κ1) is 18.4. The highest BCUT2D eigenvalue weighted by Gasteiger charge is 2.44. The molecule has 1 heterocycles. The van der Waals surface area contributed by atoms with Gasteiger partial charge in [-0.1, -0.05) is 18.2 Å². The molecule has 1 aliphatic heterocycles. The average molecular weight is 381 g/mol. The first-order valence-electron chi connectivity index (χ1n) is 7.75. The number of aryl methyl sites for hydroxylation is 1. The number of halogens is 3. The van der Waals surface area contributed by atoms with Crippen LogP contribution in [-0.2, 0) is 0 Å². The highest BCUT2D eigenvalue weighted by atomic mass is 19.4. The van der Waals surface area contributed by atoms with Crippen molar-refractivity contribution in [1.82, 2.24) is 5.32 Å². The summed E-state index contributed by atoms with van der Waals surface area (Å²) in [6, 6.07) is 2.83. The number of amides is 2. The van der Waals surface area contributed by atoms with Gasteiger partial charge < -0.3 is 11.1 Å². The monoisotopic (exact) mass is 381 g/mol. The van der Waals surface area contributed by atoms with Crippen LogP contribution in [0.25, 0.3) is 0 Å². The van der Waals surface area contributed by atoms with Crippen LogP contribution in [0.15, 0.2) is 46.6 Å². The number of nitro groups is 1. The molecule has 1 aliphatic carbocycles. The molecule has 1 atom stereocenters. The number of carbonyl (C=O) groups excluding carboxylic acids is 1. The van der Waals surface area contributed by atoms with E-state index in [2.05, 4.69) is 10.3 Å². The molecule has 2 amide bonds. The quantitative estimate of drug-likeness (QED) is 0.619. The smallest absolute Gasteiger partial charge is 0.351 e. The lowest BCUT2D eigenvalue weighted by Crippen LogP contribution is -2.53. The highest BCUT2D eigenvalue weighted by Crippen LogP contribution is 2.36. The number of carbonyl (C=O) groups is 1. The molecule has 0 saturated heterocycles. The minimum Gasteiger partial charge on any atom is -0.351 e. The molecule has 0 fully saturated rings. The summed E-state index contributed by atoms with van der Waals surface area (Å²) >= 11 is 0. The first-order valence-corrected chi connectivity index (χ1v) is 7.75. The van der Waals surface area contributed by atoms with Crippen molar-refractivity contribution in [2.75, 3.05) is 4.90 Å². The Kier molecular flexibility index (Phi) is 4.38. The number of alkyl halides is 3. The number of para-hydroxylation sites is 1. The number of hydrogen-bond donors (Lipinski definition) is 2. The lowest BCUT2D eigenvalue weighted by atomic mass is 10.1. The van der Waals surface area contributed by atoms with Crippen molar-refractivity contribution >= 4 is 23.1 Å². The Balaban J connectivity index is 2.16. The molecular formula is C16H14F3N5O3. The van der Waals surface area contributed by atoms with Gasteiger partial charge in [0.1, 0.15) is 11.4 Å². The third-order valence-electron chi connectivity index (χ3n) is 4.16. The number of allylic oxidation sites excluding steroid dienone is 3. The van der Waals surface area contributed by atoms with E-state index >= 15 is 0 Å². The molecule has 0 saturated carbocycles. The molecule has 0 spiro atoms. The summed E-state index contributed by atoms with van der Waals surface area (Å²) in [5.74, 6) is 0. The van der Waals surface area contributed by atoms with Crippen LogP contribution in [0, 0.1) is 17.0 Å². The molecule has 142 valence electrons. The Morgan fingerprint density at radius 1 is 1.44 bits per heavy atom. The van der Waals surface area contributed by atoms with Crippen LogP contribution in [0.2, 0.25) is 0 Å². The Morgan fingerprint density at radius 3 is 2.74 bits per heavy atom. The standard InChI is InChI=1S/C16H14F3N5O3/c1-8-4-2-7-11(24(26)27)12(8)23(14(20)25)15-21-10-6-3-5-9(10)13(22-15)16(17,18)19/h2-4,6-7,15,21H,5H2,1H3,(H2,20,25). The average Bonchev–Trinajstić information content (AvgIpc) is 3.02. The van der Waals surface area contributed by atoms with E-state index in [1.54, 1.807) is 0 Å². The molecule has 0 aromatic heterocycles. The number of nitrogens with two attached hydrogens (primary N) is 1. The van der Waals surface area contributed by atoms with Gasteiger partial charge in [-0.15, -0.1) is 0 Å². The summed E-state index contributed by atoms with van der Waals surface area (Å²) in [5, 5.41) is 14.1. The van der Waals surface area contributed by atoms with Gasteiger partial charge in [0.15, 0.2) is 0 Å². The lowest BCUT2D eigenvalue weighted by Gasteiger charge is -2.33. The molecule has 0 radical (unpaired) electrons. The maximum Gasteiger partial charge on any atom is 0.433 e. The van der Waals surface area contributed by atoms with Crippen molar-refractivity contribution in [2.45, 2.75) is 25.8 Å². The predicted molar refractivity (Wildman–Crippen MR) is 91.1 cm³/mol. The molecule has 1 aromatic carbocycles. The van der Waals surface area contributed by atoms with E-state index in [1.807, 2.05) is 0 Å². The summed E-state index contributed by atoms with van der Waals surface area (Å²) in [6.45, 7) is 1.48. The summed E-state index contributed by atoms with van der Waals surface area (Å²) in [7, 11) is 0. The molecular weight excluding hydrogens is 367 g/mol. The van der Waals surface area contributed by atoms with E-state index in [4.69, 9.17) is 5.73 Å². The minimum absolute atomic E-state index is 0.0362. The predicted octanol–water partition coefficient (Wildman–Crippen LogP) is 2.89. The van der Waals surface area contributed by atoms with Crippen LogP contribution in [0.1, 0.15) is 12.0 Å². The van der Waals surface area contributed by atoms with E-state index in [9.17, 15) is 28.1 Å². The number of aliphatic imine (C=N–C) groups is 1. The van der Waals surface area contributed by atoms with Crippen molar-refractivity contribution in [3.05, 3.63) is 57.3 Å². The normalized spacial score (nSPS) is 18.7. The highest BCUT2D eigenvalue weighted by molar-refractivity contribution is 6.07. The maximum atomic E-state index is 13.4.